The van der Waals surface area contributed by atoms with E-state index in [2.05, 4.69) is 13.8 Å². The molecule has 0 saturated carbocycles. The molecule has 0 spiro atoms. The summed E-state index contributed by atoms with van der Waals surface area (Å²) in [6, 6.07) is 5.51. The summed E-state index contributed by atoms with van der Waals surface area (Å²) in [6.45, 7) is 6.83. The quantitative estimate of drug-likeness (QED) is 0.134. The zero-order valence-electron chi connectivity index (χ0n) is 22.7. The molecule has 1 N–H and O–H groups in total. The summed E-state index contributed by atoms with van der Waals surface area (Å²) in [4.78, 5) is 12.4. The minimum absolute atomic E-state index is 0.159. The number of benzene rings is 1. The lowest BCUT2D eigenvalue weighted by molar-refractivity contribution is -0.145. The van der Waals surface area contributed by atoms with Crippen LogP contribution in [0.15, 0.2) is 18.2 Å². The Bertz CT molecular complexity index is 625. The molecule has 3 heteroatoms. The fraction of sp³-hybridized carbons (Fsp3) is 0.774. The molecule has 0 fully saturated rings. The molecule has 1 rings (SSSR count). The van der Waals surface area contributed by atoms with Crippen molar-refractivity contribution in [3.05, 3.63) is 29.3 Å². The van der Waals surface area contributed by atoms with Crippen molar-refractivity contribution in [2.45, 2.75) is 149 Å². The van der Waals surface area contributed by atoms with Gasteiger partial charge in [-0.15, -0.1) is 0 Å². The van der Waals surface area contributed by atoms with Crippen LogP contribution in [0.1, 0.15) is 153 Å². The average Bonchev–Trinajstić information content (AvgIpc) is 2.84. The SMILES string of the molecule is CCCCCCCCCCCCCCCCCCOC(=O)C(C)c1ccc(O)c(CCCC)c1. The van der Waals surface area contributed by atoms with E-state index in [1.54, 1.807) is 6.07 Å². The molecule has 0 aliphatic heterocycles. The van der Waals surface area contributed by atoms with Crippen LogP contribution in [0.5, 0.6) is 5.75 Å². The topological polar surface area (TPSA) is 46.5 Å². The summed E-state index contributed by atoms with van der Waals surface area (Å²) in [6.07, 6.45) is 24.4. The van der Waals surface area contributed by atoms with E-state index in [4.69, 9.17) is 4.74 Å². The normalized spacial score (nSPS) is 12.1. The van der Waals surface area contributed by atoms with Gasteiger partial charge in [-0.1, -0.05) is 129 Å². The van der Waals surface area contributed by atoms with Crippen LogP contribution in [-0.4, -0.2) is 17.7 Å². The Morgan fingerprint density at radius 3 is 1.71 bits per heavy atom. The second-order valence-electron chi connectivity index (χ2n) is 10.2. The third kappa shape index (κ3) is 14.7. The van der Waals surface area contributed by atoms with E-state index in [1.165, 1.54) is 89.9 Å². The van der Waals surface area contributed by atoms with Crippen molar-refractivity contribution < 1.29 is 14.6 Å². The first-order valence-electron chi connectivity index (χ1n) is 14.6. The van der Waals surface area contributed by atoms with E-state index in [0.717, 1.165) is 43.2 Å². The lowest BCUT2D eigenvalue weighted by atomic mass is 9.96. The van der Waals surface area contributed by atoms with Crippen LogP contribution < -0.4 is 0 Å². The molecule has 0 saturated heterocycles. The smallest absolute Gasteiger partial charge is 0.313 e. The molecule has 0 bridgehead atoms. The molecule has 1 unspecified atom stereocenters. The Labute approximate surface area is 211 Å². The van der Waals surface area contributed by atoms with Crippen molar-refractivity contribution in [2.24, 2.45) is 0 Å². The van der Waals surface area contributed by atoms with E-state index in [1.807, 2.05) is 19.1 Å². The summed E-state index contributed by atoms with van der Waals surface area (Å²) >= 11 is 0. The molecular weight excluding hydrogens is 420 g/mol. The van der Waals surface area contributed by atoms with Crippen LogP contribution in [0.2, 0.25) is 0 Å². The van der Waals surface area contributed by atoms with Crippen molar-refractivity contribution in [1.29, 1.82) is 0 Å². The highest BCUT2D eigenvalue weighted by atomic mass is 16.5. The van der Waals surface area contributed by atoms with Crippen molar-refractivity contribution in [1.82, 2.24) is 0 Å². The van der Waals surface area contributed by atoms with Gasteiger partial charge in [0.05, 0.1) is 12.5 Å². The number of carbonyl (C=O) groups is 1. The predicted molar refractivity (Wildman–Crippen MR) is 146 cm³/mol. The van der Waals surface area contributed by atoms with Crippen LogP contribution in [0, 0.1) is 0 Å². The summed E-state index contributed by atoms with van der Waals surface area (Å²) < 4.78 is 5.53. The van der Waals surface area contributed by atoms with E-state index in [-0.39, 0.29) is 11.9 Å². The van der Waals surface area contributed by atoms with Gasteiger partial charge >= 0.3 is 5.97 Å². The Balaban J connectivity index is 1.99. The van der Waals surface area contributed by atoms with Gasteiger partial charge in [0, 0.05) is 0 Å². The number of aromatic hydroxyl groups is 1. The van der Waals surface area contributed by atoms with Gasteiger partial charge in [0.2, 0.25) is 0 Å². The molecule has 0 radical (unpaired) electrons. The van der Waals surface area contributed by atoms with Gasteiger partial charge in [-0.3, -0.25) is 4.79 Å². The summed E-state index contributed by atoms with van der Waals surface area (Å²) in [5, 5.41) is 10.0. The molecule has 0 heterocycles. The standard InChI is InChI=1S/C31H54O3/c1-4-6-8-9-10-11-12-13-14-15-16-17-18-19-20-21-25-34-31(33)27(3)28-23-24-30(32)29(26-28)22-7-5-2/h23-24,26-27,32H,4-22,25H2,1-3H3. The summed E-state index contributed by atoms with van der Waals surface area (Å²) in [5.74, 6) is -0.124. The van der Waals surface area contributed by atoms with Crippen LogP contribution in [0.3, 0.4) is 0 Å². The zero-order chi connectivity index (χ0) is 24.9. The van der Waals surface area contributed by atoms with Gasteiger partial charge in [-0.2, -0.15) is 0 Å². The maximum absolute atomic E-state index is 12.4. The van der Waals surface area contributed by atoms with Gasteiger partial charge in [0.25, 0.3) is 0 Å². The molecule has 0 aliphatic carbocycles. The van der Waals surface area contributed by atoms with Gasteiger partial charge in [-0.25, -0.2) is 0 Å². The Morgan fingerprint density at radius 2 is 1.21 bits per heavy atom. The molecule has 34 heavy (non-hydrogen) atoms. The zero-order valence-corrected chi connectivity index (χ0v) is 22.7. The van der Waals surface area contributed by atoms with Crippen molar-refractivity contribution in [3.63, 3.8) is 0 Å². The molecule has 1 atom stereocenters. The number of aryl methyl sites for hydroxylation is 1. The third-order valence-corrected chi connectivity index (χ3v) is 7.00. The summed E-state index contributed by atoms with van der Waals surface area (Å²) in [5.41, 5.74) is 1.86. The summed E-state index contributed by atoms with van der Waals surface area (Å²) in [7, 11) is 0. The minimum Gasteiger partial charge on any atom is -0.508 e. The van der Waals surface area contributed by atoms with Crippen molar-refractivity contribution in [3.8, 4) is 5.75 Å². The predicted octanol–water partition coefficient (Wildman–Crippen LogP) is 9.64. The number of ether oxygens (including phenoxy) is 1. The van der Waals surface area contributed by atoms with Gasteiger partial charge < -0.3 is 9.84 Å². The van der Waals surface area contributed by atoms with Crippen molar-refractivity contribution >= 4 is 5.97 Å². The maximum atomic E-state index is 12.4. The fourth-order valence-corrected chi connectivity index (χ4v) is 4.53. The Hall–Kier alpha value is -1.51. The van der Waals surface area contributed by atoms with E-state index in [9.17, 15) is 9.90 Å². The monoisotopic (exact) mass is 474 g/mol. The molecular formula is C31H54O3. The number of hydrogen-bond acceptors (Lipinski definition) is 3. The van der Waals surface area contributed by atoms with E-state index >= 15 is 0 Å². The highest BCUT2D eigenvalue weighted by Gasteiger charge is 2.18. The van der Waals surface area contributed by atoms with Crippen LogP contribution in [0.25, 0.3) is 0 Å². The number of rotatable bonds is 22. The highest BCUT2D eigenvalue weighted by molar-refractivity contribution is 5.77. The molecule has 0 aromatic heterocycles. The first-order valence-corrected chi connectivity index (χ1v) is 14.6. The van der Waals surface area contributed by atoms with Crippen LogP contribution in [0.4, 0.5) is 0 Å². The first kappa shape index (κ1) is 30.5. The third-order valence-electron chi connectivity index (χ3n) is 7.00. The van der Waals surface area contributed by atoms with E-state index < -0.39 is 0 Å². The second kappa shape index (κ2) is 20.8. The van der Waals surface area contributed by atoms with Gasteiger partial charge in [0.15, 0.2) is 0 Å². The number of unbranched alkanes of at least 4 members (excludes halogenated alkanes) is 16. The van der Waals surface area contributed by atoms with Gasteiger partial charge in [-0.05, 0) is 43.4 Å². The Kier molecular flexibility index (Phi) is 18.7. The fourth-order valence-electron chi connectivity index (χ4n) is 4.53. The first-order chi connectivity index (χ1) is 16.6. The number of phenolic OH excluding ortho intramolecular Hbond substituents is 1. The van der Waals surface area contributed by atoms with Crippen molar-refractivity contribution in [2.75, 3.05) is 6.61 Å². The second-order valence-corrected chi connectivity index (χ2v) is 10.2. The molecule has 1 aromatic rings. The maximum Gasteiger partial charge on any atom is 0.313 e. The van der Waals surface area contributed by atoms with Crippen LogP contribution >= 0.6 is 0 Å². The largest absolute Gasteiger partial charge is 0.508 e. The highest BCUT2D eigenvalue weighted by Crippen LogP contribution is 2.26. The molecule has 196 valence electrons. The molecule has 0 amide bonds. The van der Waals surface area contributed by atoms with Gasteiger partial charge in [0.1, 0.15) is 5.75 Å². The number of phenols is 1. The average molecular weight is 475 g/mol. The lowest BCUT2D eigenvalue weighted by Crippen LogP contribution is -2.14. The number of carbonyl (C=O) groups excluding carboxylic acids is 1. The van der Waals surface area contributed by atoms with E-state index in [0.29, 0.717) is 12.4 Å². The Morgan fingerprint density at radius 1 is 0.735 bits per heavy atom. The molecule has 0 aliphatic rings. The number of esters is 1. The lowest BCUT2D eigenvalue weighted by Gasteiger charge is -2.14. The minimum atomic E-state index is -0.290. The molecule has 3 nitrogen and oxygen atoms in total. The number of hydrogen-bond donors (Lipinski definition) is 1. The van der Waals surface area contributed by atoms with Crippen LogP contribution in [-0.2, 0) is 16.0 Å². The molecule has 1 aromatic carbocycles.